The van der Waals surface area contributed by atoms with E-state index in [0.717, 1.165) is 0 Å². The molecule has 2 rings (SSSR count). The summed E-state index contributed by atoms with van der Waals surface area (Å²) in [7, 11) is 2.92. The summed E-state index contributed by atoms with van der Waals surface area (Å²) in [5, 5.41) is 0. The van der Waals surface area contributed by atoms with E-state index in [1.165, 1.54) is 19.1 Å². The largest absolute Gasteiger partial charge is 0.496 e. The fraction of sp³-hybridized carbons (Fsp3) is 0.471. The summed E-state index contributed by atoms with van der Waals surface area (Å²) in [6.45, 7) is 2.07. The highest BCUT2D eigenvalue weighted by Crippen LogP contribution is 2.30. The molecule has 7 nitrogen and oxygen atoms in total. The van der Waals surface area contributed by atoms with Gasteiger partial charge in [-0.15, -0.1) is 0 Å². The minimum absolute atomic E-state index is 0.135. The number of benzene rings is 1. The van der Waals surface area contributed by atoms with Crippen LogP contribution in [0.2, 0.25) is 0 Å². The lowest BCUT2D eigenvalue weighted by Gasteiger charge is -2.30. The molecule has 1 aliphatic rings. The van der Waals surface area contributed by atoms with Crippen LogP contribution in [0.15, 0.2) is 18.2 Å². The summed E-state index contributed by atoms with van der Waals surface area (Å²) in [6.07, 6.45) is 0.251. The molecule has 1 saturated heterocycles. The van der Waals surface area contributed by atoms with Crippen LogP contribution >= 0.6 is 0 Å². The van der Waals surface area contributed by atoms with Crippen LogP contribution < -0.4 is 9.47 Å². The molecular weight excluding hydrogens is 314 g/mol. The van der Waals surface area contributed by atoms with Gasteiger partial charge in [-0.05, 0) is 25.5 Å². The average Bonchev–Trinajstić information content (AvgIpc) is 2.60. The summed E-state index contributed by atoms with van der Waals surface area (Å²) in [5.74, 6) is -1.25. The minimum Gasteiger partial charge on any atom is -0.496 e. The number of amides is 1. The fourth-order valence-corrected chi connectivity index (χ4v) is 2.71. The molecule has 0 saturated carbocycles. The Balaban J connectivity index is 2.19. The number of carbonyl (C=O) groups excluding carboxylic acids is 3. The Hall–Kier alpha value is -2.57. The Morgan fingerprint density at radius 1 is 1.21 bits per heavy atom. The summed E-state index contributed by atoms with van der Waals surface area (Å²) in [5.41, 5.74) is 0.268. The number of methoxy groups -OCH3 is 2. The highest BCUT2D eigenvalue weighted by molar-refractivity contribution is 6.05. The molecule has 0 N–H and O–H groups in total. The van der Waals surface area contributed by atoms with E-state index in [1.807, 2.05) is 0 Å². The Labute approximate surface area is 140 Å². The summed E-state index contributed by atoms with van der Waals surface area (Å²) in [4.78, 5) is 38.2. The maximum atomic E-state index is 12.8. The van der Waals surface area contributed by atoms with Gasteiger partial charge in [-0.1, -0.05) is 6.07 Å². The van der Waals surface area contributed by atoms with Crippen LogP contribution in [0.25, 0.3) is 0 Å². The Kier molecular flexibility index (Phi) is 5.78. The van der Waals surface area contributed by atoms with Gasteiger partial charge in [-0.3, -0.25) is 14.4 Å². The second-order valence-electron chi connectivity index (χ2n) is 5.32. The SMILES string of the molecule is CCOC(=O)C1CCN(C(=O)c2c(OC)cccc2OC)CC1=O. The molecule has 1 aliphatic heterocycles. The van der Waals surface area contributed by atoms with Crippen molar-refractivity contribution in [3.8, 4) is 11.5 Å². The third-order valence-corrected chi connectivity index (χ3v) is 3.92. The van der Waals surface area contributed by atoms with Crippen molar-refractivity contribution in [3.05, 3.63) is 23.8 Å². The van der Waals surface area contributed by atoms with Gasteiger partial charge in [0.1, 0.15) is 23.0 Å². The second-order valence-corrected chi connectivity index (χ2v) is 5.32. The number of likely N-dealkylation sites (tertiary alicyclic amines) is 1. The molecule has 1 amide bonds. The predicted octanol–water partition coefficient (Wildman–Crippen LogP) is 1.30. The lowest BCUT2D eigenvalue weighted by atomic mass is 9.95. The van der Waals surface area contributed by atoms with Crippen molar-refractivity contribution in [3.63, 3.8) is 0 Å². The van der Waals surface area contributed by atoms with Crippen LogP contribution in [0.3, 0.4) is 0 Å². The summed E-state index contributed by atoms with van der Waals surface area (Å²) < 4.78 is 15.4. The quantitative estimate of drug-likeness (QED) is 0.596. The first-order chi connectivity index (χ1) is 11.5. The zero-order chi connectivity index (χ0) is 17.7. The standard InChI is InChI=1S/C17H21NO6/c1-4-24-17(21)11-8-9-18(10-12(11)19)16(20)15-13(22-2)6-5-7-14(15)23-3/h5-7,11H,4,8-10H2,1-3H3. The van der Waals surface area contributed by atoms with Crippen LogP contribution in [0.1, 0.15) is 23.7 Å². The van der Waals surface area contributed by atoms with Gasteiger partial charge in [-0.2, -0.15) is 0 Å². The Morgan fingerprint density at radius 3 is 2.33 bits per heavy atom. The smallest absolute Gasteiger partial charge is 0.316 e. The van der Waals surface area contributed by atoms with Crippen molar-refractivity contribution in [1.29, 1.82) is 0 Å². The molecule has 0 radical (unpaired) electrons. The van der Waals surface area contributed by atoms with Crippen molar-refractivity contribution >= 4 is 17.7 Å². The van der Waals surface area contributed by atoms with E-state index >= 15 is 0 Å². The number of esters is 1. The van der Waals surface area contributed by atoms with E-state index in [4.69, 9.17) is 14.2 Å². The molecular formula is C17H21NO6. The van der Waals surface area contributed by atoms with Crippen LogP contribution in [0.5, 0.6) is 11.5 Å². The molecule has 1 fully saturated rings. The number of ether oxygens (including phenoxy) is 3. The minimum atomic E-state index is -0.798. The highest BCUT2D eigenvalue weighted by Gasteiger charge is 2.36. The Morgan fingerprint density at radius 2 is 1.83 bits per heavy atom. The molecule has 130 valence electrons. The topological polar surface area (TPSA) is 82.1 Å². The highest BCUT2D eigenvalue weighted by atomic mass is 16.5. The first-order valence-corrected chi connectivity index (χ1v) is 7.73. The van der Waals surface area contributed by atoms with Crippen LogP contribution in [-0.4, -0.2) is 56.5 Å². The van der Waals surface area contributed by atoms with Gasteiger partial charge in [-0.25, -0.2) is 0 Å². The van der Waals surface area contributed by atoms with Gasteiger partial charge in [0, 0.05) is 6.54 Å². The number of carbonyl (C=O) groups is 3. The third-order valence-electron chi connectivity index (χ3n) is 3.92. The van der Waals surface area contributed by atoms with Gasteiger partial charge < -0.3 is 19.1 Å². The second kappa shape index (κ2) is 7.81. The molecule has 1 atom stereocenters. The zero-order valence-corrected chi connectivity index (χ0v) is 14.0. The van der Waals surface area contributed by atoms with Crippen molar-refractivity contribution < 1.29 is 28.6 Å². The molecule has 1 unspecified atom stereocenters. The monoisotopic (exact) mass is 335 g/mol. The number of ketones is 1. The van der Waals surface area contributed by atoms with Gasteiger partial charge in [0.25, 0.3) is 5.91 Å². The van der Waals surface area contributed by atoms with E-state index in [2.05, 4.69) is 0 Å². The van der Waals surface area contributed by atoms with Crippen LogP contribution in [0, 0.1) is 5.92 Å². The fourth-order valence-electron chi connectivity index (χ4n) is 2.71. The van der Waals surface area contributed by atoms with E-state index in [9.17, 15) is 14.4 Å². The number of hydrogen-bond acceptors (Lipinski definition) is 6. The van der Waals surface area contributed by atoms with Crippen molar-refractivity contribution in [1.82, 2.24) is 4.90 Å². The molecule has 0 bridgehead atoms. The zero-order valence-electron chi connectivity index (χ0n) is 14.0. The molecule has 1 aromatic carbocycles. The van der Waals surface area contributed by atoms with E-state index < -0.39 is 11.9 Å². The van der Waals surface area contributed by atoms with E-state index in [-0.39, 0.29) is 43.4 Å². The molecule has 1 aromatic rings. The van der Waals surface area contributed by atoms with E-state index in [0.29, 0.717) is 11.5 Å². The van der Waals surface area contributed by atoms with Crippen molar-refractivity contribution in [2.24, 2.45) is 5.92 Å². The molecule has 0 spiro atoms. The molecule has 24 heavy (non-hydrogen) atoms. The van der Waals surface area contributed by atoms with Gasteiger partial charge in [0.05, 0.1) is 27.4 Å². The number of piperidine rings is 1. The van der Waals surface area contributed by atoms with Gasteiger partial charge in [0.15, 0.2) is 5.78 Å². The number of rotatable bonds is 5. The molecule has 7 heteroatoms. The van der Waals surface area contributed by atoms with Crippen LogP contribution in [0.4, 0.5) is 0 Å². The average molecular weight is 335 g/mol. The summed E-state index contributed by atoms with van der Waals surface area (Å²) >= 11 is 0. The maximum Gasteiger partial charge on any atom is 0.316 e. The van der Waals surface area contributed by atoms with Gasteiger partial charge in [0.2, 0.25) is 0 Å². The molecule has 0 aromatic heterocycles. The van der Waals surface area contributed by atoms with Crippen LogP contribution in [-0.2, 0) is 14.3 Å². The molecule has 1 heterocycles. The Bertz CT molecular complexity index is 620. The summed E-state index contributed by atoms with van der Waals surface area (Å²) in [6, 6.07) is 5.03. The van der Waals surface area contributed by atoms with Crippen molar-refractivity contribution in [2.45, 2.75) is 13.3 Å². The van der Waals surface area contributed by atoms with Crippen molar-refractivity contribution in [2.75, 3.05) is 33.9 Å². The predicted molar refractivity (Wildman–Crippen MR) is 85.2 cm³/mol. The number of hydrogen-bond donors (Lipinski definition) is 0. The lowest BCUT2D eigenvalue weighted by molar-refractivity contribution is -0.153. The van der Waals surface area contributed by atoms with E-state index in [1.54, 1.807) is 25.1 Å². The number of Topliss-reactive ketones (excluding diaryl/α,β-unsaturated/α-hetero) is 1. The van der Waals surface area contributed by atoms with Gasteiger partial charge >= 0.3 is 5.97 Å². The normalized spacial score (nSPS) is 17.4. The lowest BCUT2D eigenvalue weighted by Crippen LogP contribution is -2.46. The third kappa shape index (κ3) is 3.50. The first-order valence-electron chi connectivity index (χ1n) is 7.73. The maximum absolute atomic E-state index is 12.8. The first kappa shape index (κ1) is 17.8. The number of nitrogens with zero attached hydrogens (tertiary/aromatic N) is 1. The molecule has 0 aliphatic carbocycles.